The number of carbonyl (C=O) groups excluding carboxylic acids is 1. The van der Waals surface area contributed by atoms with Gasteiger partial charge >= 0.3 is 0 Å². The molecule has 1 heterocycles. The van der Waals surface area contributed by atoms with Gasteiger partial charge in [0.1, 0.15) is 5.76 Å². The van der Waals surface area contributed by atoms with Crippen molar-refractivity contribution in [1.82, 2.24) is 0 Å². The monoisotopic (exact) mass is 473 g/mol. The largest absolute Gasteiger partial charge is 0.434 e. The summed E-state index contributed by atoms with van der Waals surface area (Å²) in [4.78, 5) is 13.3. The van der Waals surface area contributed by atoms with Gasteiger partial charge < -0.3 is 9.64 Å². The molecule has 3 nitrogen and oxygen atoms in total. The highest BCUT2D eigenvalue weighted by molar-refractivity contribution is 5.73. The van der Waals surface area contributed by atoms with Crippen molar-refractivity contribution in [3.05, 3.63) is 76.6 Å². The standard InChI is InChI=1S/C32H43NO2/c1-4-6-8-10-14-27(22-26(3)35-25-34)23-28-17-20-32-30(24-28)19-18-29-15-11-12-16-31(29)33(32)21-13-9-7-5-2/h11-12,15-17,20,22-25H,4-10,13-14,18-19,21H2,1-3H3/b26-22-,27-23+. The fourth-order valence-corrected chi connectivity index (χ4v) is 5.01. The first-order valence-corrected chi connectivity index (χ1v) is 13.6. The zero-order valence-electron chi connectivity index (χ0n) is 22.0. The first-order chi connectivity index (χ1) is 17.2. The fraction of sp³-hybridized carbons (Fsp3) is 0.469. The lowest BCUT2D eigenvalue weighted by molar-refractivity contribution is -0.124. The van der Waals surface area contributed by atoms with Crippen LogP contribution in [0.3, 0.4) is 0 Å². The summed E-state index contributed by atoms with van der Waals surface area (Å²) in [5.74, 6) is 0.644. The number of fused-ring (bicyclic) bond motifs is 2. The second kappa shape index (κ2) is 14.6. The van der Waals surface area contributed by atoms with Crippen LogP contribution in [0.2, 0.25) is 0 Å². The number of carbonyl (C=O) groups is 1. The van der Waals surface area contributed by atoms with E-state index in [2.05, 4.69) is 67.3 Å². The van der Waals surface area contributed by atoms with Crippen LogP contribution in [-0.2, 0) is 22.4 Å². The van der Waals surface area contributed by atoms with Crippen molar-refractivity contribution in [2.45, 2.75) is 91.4 Å². The van der Waals surface area contributed by atoms with Crippen molar-refractivity contribution in [3.8, 4) is 0 Å². The van der Waals surface area contributed by atoms with E-state index in [0.717, 1.165) is 32.2 Å². The molecule has 0 aliphatic carbocycles. The van der Waals surface area contributed by atoms with Gasteiger partial charge in [-0.25, -0.2) is 0 Å². The second-order valence-corrected chi connectivity index (χ2v) is 9.73. The van der Waals surface area contributed by atoms with Crippen LogP contribution in [0.5, 0.6) is 0 Å². The van der Waals surface area contributed by atoms with Gasteiger partial charge in [0.15, 0.2) is 0 Å². The topological polar surface area (TPSA) is 29.5 Å². The summed E-state index contributed by atoms with van der Waals surface area (Å²) < 4.78 is 5.08. The van der Waals surface area contributed by atoms with Crippen molar-refractivity contribution in [3.63, 3.8) is 0 Å². The molecule has 0 unspecified atom stereocenters. The highest BCUT2D eigenvalue weighted by Gasteiger charge is 2.20. The van der Waals surface area contributed by atoms with Crippen LogP contribution in [0, 0.1) is 0 Å². The van der Waals surface area contributed by atoms with Gasteiger partial charge in [0.25, 0.3) is 6.47 Å². The summed E-state index contributed by atoms with van der Waals surface area (Å²) in [5, 5.41) is 0. The molecular formula is C32H43NO2. The minimum Gasteiger partial charge on any atom is -0.434 e. The summed E-state index contributed by atoms with van der Waals surface area (Å²) in [6.45, 7) is 7.92. The summed E-state index contributed by atoms with van der Waals surface area (Å²) in [7, 11) is 0. The first-order valence-electron chi connectivity index (χ1n) is 13.6. The van der Waals surface area contributed by atoms with Crippen molar-refractivity contribution >= 4 is 23.9 Å². The predicted molar refractivity (Wildman–Crippen MR) is 149 cm³/mol. The number of nitrogens with zero attached hydrogens (tertiary/aromatic N) is 1. The van der Waals surface area contributed by atoms with E-state index in [1.807, 2.05) is 13.0 Å². The summed E-state index contributed by atoms with van der Waals surface area (Å²) >= 11 is 0. The average Bonchev–Trinajstić information content (AvgIpc) is 3.01. The Morgan fingerprint density at radius 2 is 1.60 bits per heavy atom. The maximum atomic E-state index is 10.8. The SMILES string of the molecule is CCCCCCC(/C=C(/C)OC=O)=C\c1ccc2c(c1)CCc1ccccc1N2CCCCCC. The number of rotatable bonds is 14. The minimum absolute atomic E-state index is 0.510. The Hall–Kier alpha value is -2.81. The highest BCUT2D eigenvalue weighted by atomic mass is 16.5. The molecule has 2 aromatic rings. The van der Waals surface area contributed by atoms with Crippen LogP contribution < -0.4 is 4.90 Å². The van der Waals surface area contributed by atoms with E-state index < -0.39 is 0 Å². The quantitative estimate of drug-likeness (QED) is 0.119. The Labute approximate surface area is 212 Å². The van der Waals surface area contributed by atoms with Crippen molar-refractivity contribution in [2.24, 2.45) is 0 Å². The van der Waals surface area contributed by atoms with Gasteiger partial charge in [-0.3, -0.25) is 4.79 Å². The molecule has 0 bridgehead atoms. The Balaban J connectivity index is 1.89. The molecule has 188 valence electrons. The van der Waals surface area contributed by atoms with Crippen LogP contribution in [0.4, 0.5) is 11.4 Å². The second-order valence-electron chi connectivity index (χ2n) is 9.73. The molecule has 0 aromatic heterocycles. The summed E-state index contributed by atoms with van der Waals surface area (Å²) in [6.07, 6.45) is 17.3. The highest BCUT2D eigenvalue weighted by Crippen LogP contribution is 2.37. The molecule has 0 fully saturated rings. The fourth-order valence-electron chi connectivity index (χ4n) is 5.01. The van der Waals surface area contributed by atoms with Crippen LogP contribution in [-0.4, -0.2) is 13.0 Å². The van der Waals surface area contributed by atoms with E-state index in [1.165, 1.54) is 78.6 Å². The maximum Gasteiger partial charge on any atom is 0.298 e. The van der Waals surface area contributed by atoms with Gasteiger partial charge in [-0.05, 0) is 85.6 Å². The van der Waals surface area contributed by atoms with E-state index in [4.69, 9.17) is 4.74 Å². The molecule has 0 radical (unpaired) electrons. The molecular weight excluding hydrogens is 430 g/mol. The molecule has 1 aliphatic rings. The molecule has 3 rings (SSSR count). The molecule has 2 aromatic carbocycles. The molecule has 0 saturated heterocycles. The van der Waals surface area contributed by atoms with Gasteiger partial charge in [-0.2, -0.15) is 0 Å². The van der Waals surface area contributed by atoms with Crippen molar-refractivity contribution in [1.29, 1.82) is 0 Å². The number of aryl methyl sites for hydroxylation is 2. The number of anilines is 2. The number of ether oxygens (including phenoxy) is 1. The molecule has 1 aliphatic heterocycles. The Morgan fingerprint density at radius 1 is 0.886 bits per heavy atom. The summed E-state index contributed by atoms with van der Waals surface area (Å²) in [5.41, 5.74) is 8.02. The van der Waals surface area contributed by atoms with E-state index in [1.54, 1.807) is 0 Å². The Bertz CT molecular complexity index is 1000. The van der Waals surface area contributed by atoms with E-state index >= 15 is 0 Å². The third kappa shape index (κ3) is 8.13. The van der Waals surface area contributed by atoms with Crippen LogP contribution in [0.1, 0.15) is 95.2 Å². The zero-order valence-corrected chi connectivity index (χ0v) is 22.0. The van der Waals surface area contributed by atoms with E-state index in [0.29, 0.717) is 12.2 Å². The normalized spacial score (nSPS) is 13.7. The smallest absolute Gasteiger partial charge is 0.298 e. The third-order valence-electron chi connectivity index (χ3n) is 6.87. The van der Waals surface area contributed by atoms with Crippen LogP contribution in [0.25, 0.3) is 6.08 Å². The number of hydrogen-bond acceptors (Lipinski definition) is 3. The Morgan fingerprint density at radius 3 is 2.37 bits per heavy atom. The number of benzene rings is 2. The maximum absolute atomic E-state index is 10.8. The van der Waals surface area contributed by atoms with Crippen LogP contribution >= 0.6 is 0 Å². The first kappa shape index (κ1) is 26.8. The number of unbranched alkanes of at least 4 members (excludes halogenated alkanes) is 6. The number of allylic oxidation sites excluding steroid dienone is 3. The van der Waals surface area contributed by atoms with Gasteiger partial charge in [-0.1, -0.05) is 82.7 Å². The Kier molecular flexibility index (Phi) is 11.1. The van der Waals surface area contributed by atoms with Crippen LogP contribution in [0.15, 0.2) is 59.9 Å². The zero-order chi connectivity index (χ0) is 24.9. The number of para-hydroxylation sites is 1. The molecule has 0 amide bonds. The van der Waals surface area contributed by atoms with Gasteiger partial charge in [0.2, 0.25) is 0 Å². The van der Waals surface area contributed by atoms with Gasteiger partial charge in [0, 0.05) is 17.9 Å². The number of hydrogen-bond donors (Lipinski definition) is 0. The lowest BCUT2D eigenvalue weighted by Gasteiger charge is -2.27. The third-order valence-corrected chi connectivity index (χ3v) is 6.87. The molecule has 0 N–H and O–H groups in total. The van der Waals surface area contributed by atoms with E-state index in [9.17, 15) is 4.79 Å². The predicted octanol–water partition coefficient (Wildman–Crippen LogP) is 8.93. The van der Waals surface area contributed by atoms with Gasteiger partial charge in [-0.15, -0.1) is 0 Å². The molecule has 0 saturated carbocycles. The molecule has 0 spiro atoms. The molecule has 35 heavy (non-hydrogen) atoms. The molecule has 3 heteroatoms. The van der Waals surface area contributed by atoms with E-state index in [-0.39, 0.29) is 0 Å². The average molecular weight is 474 g/mol. The summed E-state index contributed by atoms with van der Waals surface area (Å²) in [6, 6.07) is 15.8. The lowest BCUT2D eigenvalue weighted by atomic mass is 9.99. The van der Waals surface area contributed by atoms with Gasteiger partial charge in [0.05, 0.1) is 0 Å². The lowest BCUT2D eigenvalue weighted by Crippen LogP contribution is -2.19. The van der Waals surface area contributed by atoms with Crippen molar-refractivity contribution < 1.29 is 9.53 Å². The minimum atomic E-state index is 0.510. The molecule has 0 atom stereocenters. The van der Waals surface area contributed by atoms with Crippen molar-refractivity contribution in [2.75, 3.05) is 11.4 Å².